The molecule has 0 aliphatic rings. The second-order valence-electron chi connectivity index (χ2n) is 2.89. The predicted octanol–water partition coefficient (Wildman–Crippen LogP) is 3.57. The van der Waals surface area contributed by atoms with Gasteiger partial charge in [0.25, 0.3) is 0 Å². The Balaban J connectivity index is 3.17. The SMILES string of the molecule is CCOC(=O)c1ccc(Cl)c(Cl)c1OCC. The van der Waals surface area contributed by atoms with Gasteiger partial charge in [-0.15, -0.1) is 0 Å². The van der Waals surface area contributed by atoms with Gasteiger partial charge >= 0.3 is 5.97 Å². The lowest BCUT2D eigenvalue weighted by atomic mass is 10.2. The van der Waals surface area contributed by atoms with E-state index >= 15 is 0 Å². The zero-order valence-corrected chi connectivity index (χ0v) is 10.6. The third kappa shape index (κ3) is 2.80. The van der Waals surface area contributed by atoms with Crippen LogP contribution in [0.1, 0.15) is 24.2 Å². The topological polar surface area (TPSA) is 35.5 Å². The van der Waals surface area contributed by atoms with Crippen LogP contribution in [-0.4, -0.2) is 19.2 Å². The summed E-state index contributed by atoms with van der Waals surface area (Å²) in [4.78, 5) is 11.6. The van der Waals surface area contributed by atoms with Gasteiger partial charge in [0, 0.05) is 0 Å². The number of ether oxygens (including phenoxy) is 2. The third-order valence-corrected chi connectivity index (χ3v) is 2.62. The maximum Gasteiger partial charge on any atom is 0.341 e. The Bertz CT molecular complexity index is 391. The fraction of sp³-hybridized carbons (Fsp3) is 0.364. The molecule has 0 unspecified atom stereocenters. The molecule has 0 aliphatic heterocycles. The van der Waals surface area contributed by atoms with Gasteiger partial charge in [-0.25, -0.2) is 4.79 Å². The van der Waals surface area contributed by atoms with E-state index in [1.165, 1.54) is 6.07 Å². The van der Waals surface area contributed by atoms with E-state index in [0.29, 0.717) is 18.2 Å². The number of hydrogen-bond acceptors (Lipinski definition) is 3. The molecule has 3 nitrogen and oxygen atoms in total. The van der Waals surface area contributed by atoms with E-state index < -0.39 is 5.97 Å². The van der Waals surface area contributed by atoms with E-state index in [2.05, 4.69) is 0 Å². The molecule has 1 aromatic rings. The van der Waals surface area contributed by atoms with Crippen molar-refractivity contribution in [3.63, 3.8) is 0 Å². The highest BCUT2D eigenvalue weighted by Crippen LogP contribution is 2.35. The van der Waals surface area contributed by atoms with Crippen molar-refractivity contribution in [3.05, 3.63) is 27.7 Å². The van der Waals surface area contributed by atoms with Gasteiger partial charge in [-0.1, -0.05) is 23.2 Å². The summed E-state index contributed by atoms with van der Waals surface area (Å²) in [6.45, 7) is 4.22. The average Bonchev–Trinajstić information content (AvgIpc) is 2.25. The number of carbonyl (C=O) groups excluding carboxylic acids is 1. The highest BCUT2D eigenvalue weighted by molar-refractivity contribution is 6.43. The molecule has 0 atom stereocenters. The van der Waals surface area contributed by atoms with E-state index in [0.717, 1.165) is 0 Å². The third-order valence-electron chi connectivity index (χ3n) is 1.83. The van der Waals surface area contributed by atoms with Crippen molar-refractivity contribution >= 4 is 29.2 Å². The van der Waals surface area contributed by atoms with Crippen LogP contribution in [-0.2, 0) is 4.74 Å². The number of hydrogen-bond donors (Lipinski definition) is 0. The van der Waals surface area contributed by atoms with Crippen LogP contribution in [0.3, 0.4) is 0 Å². The van der Waals surface area contributed by atoms with Crippen molar-refractivity contribution in [2.24, 2.45) is 0 Å². The lowest BCUT2D eigenvalue weighted by Crippen LogP contribution is -2.08. The quantitative estimate of drug-likeness (QED) is 0.779. The summed E-state index contributed by atoms with van der Waals surface area (Å²) in [7, 11) is 0. The lowest BCUT2D eigenvalue weighted by Gasteiger charge is -2.11. The molecule has 0 amide bonds. The maximum atomic E-state index is 11.6. The largest absolute Gasteiger partial charge is 0.491 e. The van der Waals surface area contributed by atoms with E-state index in [-0.39, 0.29) is 16.3 Å². The molecule has 0 radical (unpaired) electrons. The minimum Gasteiger partial charge on any atom is -0.491 e. The van der Waals surface area contributed by atoms with Crippen molar-refractivity contribution in [1.29, 1.82) is 0 Å². The van der Waals surface area contributed by atoms with E-state index in [1.54, 1.807) is 19.9 Å². The lowest BCUT2D eigenvalue weighted by molar-refractivity contribution is 0.0522. The van der Waals surface area contributed by atoms with Crippen LogP contribution < -0.4 is 4.74 Å². The molecule has 0 N–H and O–H groups in total. The van der Waals surface area contributed by atoms with Gasteiger partial charge in [0.2, 0.25) is 0 Å². The first kappa shape index (κ1) is 13.1. The van der Waals surface area contributed by atoms with Crippen molar-refractivity contribution in [2.75, 3.05) is 13.2 Å². The summed E-state index contributed by atoms with van der Waals surface area (Å²) < 4.78 is 10.2. The molecule has 0 heterocycles. The van der Waals surface area contributed by atoms with Gasteiger partial charge in [-0.2, -0.15) is 0 Å². The smallest absolute Gasteiger partial charge is 0.341 e. The van der Waals surface area contributed by atoms with Crippen molar-refractivity contribution < 1.29 is 14.3 Å². The molecule has 0 aliphatic carbocycles. The molecule has 0 saturated carbocycles. The van der Waals surface area contributed by atoms with Crippen LogP contribution in [0.4, 0.5) is 0 Å². The summed E-state index contributed by atoms with van der Waals surface area (Å²) in [6, 6.07) is 3.08. The fourth-order valence-electron chi connectivity index (χ4n) is 1.19. The molecule has 0 spiro atoms. The Morgan fingerprint density at radius 2 is 1.94 bits per heavy atom. The van der Waals surface area contributed by atoms with Crippen LogP contribution in [0.5, 0.6) is 5.75 Å². The number of halogens is 2. The van der Waals surface area contributed by atoms with Crippen LogP contribution >= 0.6 is 23.2 Å². The van der Waals surface area contributed by atoms with Crippen molar-refractivity contribution in [2.45, 2.75) is 13.8 Å². The molecule has 0 bridgehead atoms. The first-order valence-electron chi connectivity index (χ1n) is 4.89. The van der Waals surface area contributed by atoms with Gasteiger partial charge in [0.1, 0.15) is 10.6 Å². The standard InChI is InChI=1S/C11H12Cl2O3/c1-3-15-10-7(11(14)16-4-2)5-6-8(12)9(10)13/h5-6H,3-4H2,1-2H3. The fourth-order valence-corrected chi connectivity index (χ4v) is 1.56. The van der Waals surface area contributed by atoms with Gasteiger partial charge in [-0.3, -0.25) is 0 Å². The van der Waals surface area contributed by atoms with Gasteiger partial charge < -0.3 is 9.47 Å². The minimum atomic E-state index is -0.468. The molecular weight excluding hydrogens is 251 g/mol. The van der Waals surface area contributed by atoms with Crippen LogP contribution in [0.15, 0.2) is 12.1 Å². The summed E-state index contributed by atoms with van der Waals surface area (Å²) in [6.07, 6.45) is 0. The molecule has 88 valence electrons. The molecule has 0 saturated heterocycles. The summed E-state index contributed by atoms with van der Waals surface area (Å²) >= 11 is 11.8. The monoisotopic (exact) mass is 262 g/mol. The van der Waals surface area contributed by atoms with E-state index in [4.69, 9.17) is 32.7 Å². The van der Waals surface area contributed by atoms with Crippen LogP contribution in [0.2, 0.25) is 10.0 Å². The van der Waals surface area contributed by atoms with Gasteiger partial charge in [-0.05, 0) is 26.0 Å². The zero-order valence-electron chi connectivity index (χ0n) is 9.05. The van der Waals surface area contributed by atoms with Gasteiger partial charge in [0.05, 0.1) is 18.2 Å². The van der Waals surface area contributed by atoms with Crippen molar-refractivity contribution in [1.82, 2.24) is 0 Å². The maximum absolute atomic E-state index is 11.6. The molecule has 0 aromatic heterocycles. The normalized spacial score (nSPS) is 10.0. The molecular formula is C11H12Cl2O3. The van der Waals surface area contributed by atoms with E-state index in [9.17, 15) is 4.79 Å². The van der Waals surface area contributed by atoms with Crippen LogP contribution in [0.25, 0.3) is 0 Å². The van der Waals surface area contributed by atoms with Crippen molar-refractivity contribution in [3.8, 4) is 5.75 Å². The molecule has 5 heteroatoms. The minimum absolute atomic E-state index is 0.231. The Morgan fingerprint density at radius 3 is 2.50 bits per heavy atom. The Labute approximate surface area is 104 Å². The first-order valence-corrected chi connectivity index (χ1v) is 5.65. The zero-order chi connectivity index (χ0) is 12.1. The average molecular weight is 263 g/mol. The number of esters is 1. The summed E-state index contributed by atoms with van der Waals surface area (Å²) in [5, 5.41) is 0.576. The number of rotatable bonds is 4. The molecule has 1 aromatic carbocycles. The molecule has 16 heavy (non-hydrogen) atoms. The summed E-state index contributed by atoms with van der Waals surface area (Å²) in [5.74, 6) is -0.195. The Kier molecular flexibility index (Phi) is 4.90. The van der Waals surface area contributed by atoms with Gasteiger partial charge in [0.15, 0.2) is 5.75 Å². The first-order chi connectivity index (χ1) is 7.61. The second kappa shape index (κ2) is 5.97. The summed E-state index contributed by atoms with van der Waals surface area (Å²) in [5.41, 5.74) is 0.290. The van der Waals surface area contributed by atoms with Crippen LogP contribution in [0, 0.1) is 0 Å². The predicted molar refractivity (Wildman–Crippen MR) is 63.6 cm³/mol. The Hall–Kier alpha value is -0.930. The molecule has 1 rings (SSSR count). The highest BCUT2D eigenvalue weighted by atomic mass is 35.5. The second-order valence-corrected chi connectivity index (χ2v) is 3.68. The highest BCUT2D eigenvalue weighted by Gasteiger charge is 2.18. The number of carbonyl (C=O) groups is 1. The molecule has 0 fully saturated rings. The Morgan fingerprint density at radius 1 is 1.25 bits per heavy atom. The van der Waals surface area contributed by atoms with E-state index in [1.807, 2.05) is 0 Å². The number of benzene rings is 1.